The maximum atomic E-state index is 13.3. The number of aliphatic hydroxyl groups is 1. The molecule has 1 aliphatic heterocycles. The summed E-state index contributed by atoms with van der Waals surface area (Å²) in [6.45, 7) is 2.24. The smallest absolute Gasteiger partial charge is 0.295 e. The van der Waals surface area contributed by atoms with Gasteiger partial charge in [-0.3, -0.25) is 9.59 Å². The molecule has 1 aliphatic rings. The monoisotopic (exact) mass is 487 g/mol. The van der Waals surface area contributed by atoms with E-state index in [1.165, 1.54) is 12.0 Å². The minimum atomic E-state index is -0.725. The van der Waals surface area contributed by atoms with Gasteiger partial charge in [0.15, 0.2) is 11.5 Å². The molecule has 3 aromatic rings. The van der Waals surface area contributed by atoms with Crippen LogP contribution in [-0.4, -0.2) is 49.6 Å². The molecule has 0 saturated carbocycles. The molecular formula is C29H29NO6. The van der Waals surface area contributed by atoms with Crippen LogP contribution in [0.15, 0.2) is 72.3 Å². The summed E-state index contributed by atoms with van der Waals surface area (Å²) in [7, 11) is 4.66. The van der Waals surface area contributed by atoms with Crippen molar-refractivity contribution >= 4 is 17.4 Å². The Labute approximate surface area is 210 Å². The predicted octanol–water partition coefficient (Wildman–Crippen LogP) is 4.69. The van der Waals surface area contributed by atoms with Gasteiger partial charge in [0, 0.05) is 12.1 Å². The minimum absolute atomic E-state index is 0.0596. The van der Waals surface area contributed by atoms with Crippen LogP contribution in [0.25, 0.3) is 5.76 Å². The summed E-state index contributed by atoms with van der Waals surface area (Å²) < 4.78 is 16.0. The number of nitrogens with zero attached hydrogens (tertiary/aromatic N) is 1. The van der Waals surface area contributed by atoms with Crippen molar-refractivity contribution in [2.45, 2.75) is 19.4 Å². The zero-order chi connectivity index (χ0) is 25.8. The third-order valence-corrected chi connectivity index (χ3v) is 6.37. The first-order chi connectivity index (χ1) is 17.4. The van der Waals surface area contributed by atoms with Crippen molar-refractivity contribution in [2.24, 2.45) is 0 Å². The molecule has 0 bridgehead atoms. The first-order valence-electron chi connectivity index (χ1n) is 11.6. The SMILES string of the molecule is COc1cccc(C(O)=C2C(=O)C(=O)N(CCc3ccc(OC)c(OC)c3)[C@@H]2c2ccc(C)cc2)c1. The predicted molar refractivity (Wildman–Crippen MR) is 136 cm³/mol. The van der Waals surface area contributed by atoms with Gasteiger partial charge in [-0.25, -0.2) is 0 Å². The molecule has 3 aromatic carbocycles. The number of ether oxygens (including phenoxy) is 3. The molecular weight excluding hydrogens is 458 g/mol. The first-order valence-corrected chi connectivity index (χ1v) is 11.6. The zero-order valence-electron chi connectivity index (χ0n) is 20.8. The largest absolute Gasteiger partial charge is 0.507 e. The molecule has 7 nitrogen and oxygen atoms in total. The van der Waals surface area contributed by atoms with E-state index in [9.17, 15) is 14.7 Å². The number of methoxy groups -OCH3 is 3. The summed E-state index contributed by atoms with van der Waals surface area (Å²) in [5.41, 5.74) is 3.18. The third-order valence-electron chi connectivity index (χ3n) is 6.37. The lowest BCUT2D eigenvalue weighted by molar-refractivity contribution is -0.139. The summed E-state index contributed by atoms with van der Waals surface area (Å²) in [6.07, 6.45) is 0.481. The number of Topliss-reactive ketones (excluding diaryl/α,β-unsaturated/α-hetero) is 1. The maximum absolute atomic E-state index is 13.3. The molecule has 1 N–H and O–H groups in total. The van der Waals surface area contributed by atoms with E-state index >= 15 is 0 Å². The van der Waals surface area contributed by atoms with Crippen molar-refractivity contribution in [2.75, 3.05) is 27.9 Å². The standard InChI is InChI=1S/C29H29NO6/c1-18-8-11-20(12-9-18)26-25(27(31)21-6-5-7-22(17-21)34-2)28(32)29(33)30(26)15-14-19-10-13-23(35-3)24(16-19)36-4/h5-13,16-17,26,31H,14-15H2,1-4H3/t26-/m1/s1. The highest BCUT2D eigenvalue weighted by molar-refractivity contribution is 6.46. The molecule has 1 saturated heterocycles. The van der Waals surface area contributed by atoms with Crippen molar-refractivity contribution in [3.63, 3.8) is 0 Å². The number of hydrogen-bond donors (Lipinski definition) is 1. The Bertz CT molecular complexity index is 1310. The van der Waals surface area contributed by atoms with Crippen molar-refractivity contribution in [1.29, 1.82) is 0 Å². The van der Waals surface area contributed by atoms with Crippen molar-refractivity contribution < 1.29 is 28.9 Å². The van der Waals surface area contributed by atoms with E-state index < -0.39 is 17.7 Å². The van der Waals surface area contributed by atoms with Crippen molar-refractivity contribution in [1.82, 2.24) is 4.90 Å². The van der Waals surface area contributed by atoms with Gasteiger partial charge < -0.3 is 24.2 Å². The van der Waals surface area contributed by atoms with E-state index in [0.717, 1.165) is 16.7 Å². The molecule has 0 aromatic heterocycles. The van der Waals surface area contributed by atoms with Crippen LogP contribution in [0, 0.1) is 6.92 Å². The fourth-order valence-electron chi connectivity index (χ4n) is 4.42. The summed E-state index contributed by atoms with van der Waals surface area (Å²) in [4.78, 5) is 28.0. The number of amides is 1. The molecule has 0 radical (unpaired) electrons. The van der Waals surface area contributed by atoms with Gasteiger partial charge in [0.25, 0.3) is 11.7 Å². The van der Waals surface area contributed by atoms with E-state index in [1.807, 2.05) is 49.4 Å². The number of ketones is 1. The zero-order valence-corrected chi connectivity index (χ0v) is 20.8. The lowest BCUT2D eigenvalue weighted by Gasteiger charge is -2.25. The first kappa shape index (κ1) is 24.9. The number of rotatable bonds is 8. The molecule has 0 aliphatic carbocycles. The number of benzene rings is 3. The Hall–Kier alpha value is -4.26. The van der Waals surface area contributed by atoms with E-state index in [4.69, 9.17) is 14.2 Å². The molecule has 0 unspecified atom stereocenters. The molecule has 0 spiro atoms. The Morgan fingerprint density at radius 2 is 1.61 bits per heavy atom. The van der Waals surface area contributed by atoms with Crippen molar-refractivity contribution in [3.8, 4) is 17.2 Å². The number of aliphatic hydroxyl groups excluding tert-OH is 1. The lowest BCUT2D eigenvalue weighted by Crippen LogP contribution is -2.31. The van der Waals surface area contributed by atoms with Crippen LogP contribution < -0.4 is 14.2 Å². The summed E-state index contributed by atoms with van der Waals surface area (Å²) in [6, 6.07) is 19.2. The summed E-state index contributed by atoms with van der Waals surface area (Å²) >= 11 is 0. The van der Waals surface area contributed by atoms with Gasteiger partial charge in [0.2, 0.25) is 0 Å². The highest BCUT2D eigenvalue weighted by atomic mass is 16.5. The van der Waals surface area contributed by atoms with Crippen LogP contribution in [-0.2, 0) is 16.0 Å². The van der Waals surface area contributed by atoms with Gasteiger partial charge in [0.1, 0.15) is 11.5 Å². The highest BCUT2D eigenvalue weighted by Gasteiger charge is 2.45. The van der Waals surface area contributed by atoms with Gasteiger partial charge in [-0.15, -0.1) is 0 Å². The second-order valence-corrected chi connectivity index (χ2v) is 8.57. The van der Waals surface area contributed by atoms with Gasteiger partial charge in [-0.1, -0.05) is 48.0 Å². The van der Waals surface area contributed by atoms with E-state index in [-0.39, 0.29) is 17.9 Å². The number of aryl methyl sites for hydroxylation is 1. The van der Waals surface area contributed by atoms with Crippen LogP contribution in [0.4, 0.5) is 0 Å². The average molecular weight is 488 g/mol. The van der Waals surface area contributed by atoms with Gasteiger partial charge >= 0.3 is 0 Å². The third kappa shape index (κ3) is 4.77. The highest BCUT2D eigenvalue weighted by Crippen LogP contribution is 2.40. The van der Waals surface area contributed by atoms with Gasteiger partial charge in [-0.2, -0.15) is 0 Å². The second-order valence-electron chi connectivity index (χ2n) is 8.57. The van der Waals surface area contributed by atoms with Crippen molar-refractivity contribution in [3.05, 3.63) is 94.6 Å². The molecule has 1 fully saturated rings. The van der Waals surface area contributed by atoms with Crippen LogP contribution in [0.5, 0.6) is 17.2 Å². The molecule has 7 heteroatoms. The van der Waals surface area contributed by atoms with E-state index in [0.29, 0.717) is 29.2 Å². The molecule has 36 heavy (non-hydrogen) atoms. The molecule has 1 atom stereocenters. The summed E-state index contributed by atoms with van der Waals surface area (Å²) in [5, 5.41) is 11.2. The fraction of sp³-hybridized carbons (Fsp3) is 0.241. The molecule has 1 heterocycles. The normalized spacial score (nSPS) is 16.8. The number of hydrogen-bond acceptors (Lipinski definition) is 6. The minimum Gasteiger partial charge on any atom is -0.507 e. The Morgan fingerprint density at radius 3 is 2.28 bits per heavy atom. The topological polar surface area (TPSA) is 85.3 Å². The fourth-order valence-corrected chi connectivity index (χ4v) is 4.42. The Kier molecular flexibility index (Phi) is 7.29. The average Bonchev–Trinajstić information content (AvgIpc) is 3.16. The maximum Gasteiger partial charge on any atom is 0.295 e. The van der Waals surface area contributed by atoms with Crippen LogP contribution in [0.2, 0.25) is 0 Å². The van der Waals surface area contributed by atoms with Crippen LogP contribution in [0.1, 0.15) is 28.3 Å². The molecule has 1 amide bonds. The summed E-state index contributed by atoms with van der Waals surface area (Å²) in [5.74, 6) is 0.142. The van der Waals surface area contributed by atoms with Crippen LogP contribution >= 0.6 is 0 Å². The van der Waals surface area contributed by atoms with E-state index in [2.05, 4.69) is 0 Å². The second kappa shape index (κ2) is 10.6. The Balaban J connectivity index is 1.75. The van der Waals surface area contributed by atoms with Gasteiger partial charge in [0.05, 0.1) is 32.9 Å². The Morgan fingerprint density at radius 1 is 0.889 bits per heavy atom. The van der Waals surface area contributed by atoms with E-state index in [1.54, 1.807) is 38.5 Å². The molecule has 186 valence electrons. The quantitative estimate of drug-likeness (QED) is 0.282. The molecule has 4 rings (SSSR count). The number of carbonyl (C=O) groups is 2. The number of likely N-dealkylation sites (tertiary alicyclic amines) is 1. The number of carbonyl (C=O) groups excluding carboxylic acids is 2. The van der Waals surface area contributed by atoms with Crippen LogP contribution in [0.3, 0.4) is 0 Å². The van der Waals surface area contributed by atoms with Gasteiger partial charge in [-0.05, 0) is 48.7 Å². The lowest BCUT2D eigenvalue weighted by atomic mass is 9.94.